The minimum atomic E-state index is -0.343. The van der Waals surface area contributed by atoms with Crippen LogP contribution in [-0.4, -0.2) is 20.0 Å². The van der Waals surface area contributed by atoms with Crippen molar-refractivity contribution in [3.05, 3.63) is 23.3 Å². The molecular weight excluding hydrogens is 272 g/mol. The van der Waals surface area contributed by atoms with Crippen molar-refractivity contribution in [1.29, 1.82) is 0 Å². The van der Waals surface area contributed by atoms with Gasteiger partial charge in [-0.05, 0) is 61.7 Å². The van der Waals surface area contributed by atoms with E-state index >= 15 is 0 Å². The fraction of sp³-hybridized carbons (Fsp3) is 0.800. The Kier molecular flexibility index (Phi) is 3.54. The van der Waals surface area contributed by atoms with Gasteiger partial charge in [0.15, 0.2) is 5.79 Å². The molecule has 0 saturated heterocycles. The molecule has 0 N–H and O–H groups in total. The second kappa shape index (κ2) is 5.21. The van der Waals surface area contributed by atoms with E-state index in [1.165, 1.54) is 38.5 Å². The van der Waals surface area contributed by atoms with E-state index in [0.717, 1.165) is 30.6 Å². The monoisotopic (exact) mass is 302 g/mol. The molecule has 0 aliphatic heterocycles. The zero-order chi connectivity index (χ0) is 15.4. The number of allylic oxidation sites excluding steroid dienone is 3. The quantitative estimate of drug-likeness (QED) is 0.536. The Morgan fingerprint density at radius 3 is 2.68 bits per heavy atom. The highest BCUT2D eigenvalue weighted by Gasteiger charge is 2.50. The molecule has 0 spiro atoms. The van der Waals surface area contributed by atoms with Gasteiger partial charge in [0.2, 0.25) is 0 Å². The van der Waals surface area contributed by atoms with Crippen LogP contribution in [0.4, 0.5) is 0 Å². The third kappa shape index (κ3) is 2.06. The standard InChI is InChI=1S/C20H30O2/c1-19-10-4-5-18(19)17-7-6-14-13-20(21-2,22-3)12-9-15(14)16(17)8-11-19/h4,10,16-18H,5-9,11-13H2,1-3H3/t16-,17-,18+,19+/m1/s1. The van der Waals surface area contributed by atoms with Gasteiger partial charge in [0.05, 0.1) is 0 Å². The first-order valence-electron chi connectivity index (χ1n) is 9.10. The molecule has 1 saturated carbocycles. The van der Waals surface area contributed by atoms with Gasteiger partial charge in [-0.1, -0.05) is 30.2 Å². The predicted molar refractivity (Wildman–Crippen MR) is 88.4 cm³/mol. The van der Waals surface area contributed by atoms with Crippen molar-refractivity contribution in [1.82, 2.24) is 0 Å². The molecule has 122 valence electrons. The van der Waals surface area contributed by atoms with E-state index in [2.05, 4.69) is 19.1 Å². The Morgan fingerprint density at radius 2 is 1.91 bits per heavy atom. The second-order valence-corrected chi connectivity index (χ2v) is 8.22. The van der Waals surface area contributed by atoms with Gasteiger partial charge in [0.1, 0.15) is 0 Å². The van der Waals surface area contributed by atoms with Gasteiger partial charge in [-0.2, -0.15) is 0 Å². The lowest BCUT2D eigenvalue weighted by Gasteiger charge is -2.51. The van der Waals surface area contributed by atoms with E-state index in [0.29, 0.717) is 5.41 Å². The fourth-order valence-electron chi connectivity index (χ4n) is 6.10. The molecule has 4 atom stereocenters. The van der Waals surface area contributed by atoms with Crippen molar-refractivity contribution in [2.75, 3.05) is 14.2 Å². The largest absolute Gasteiger partial charge is 0.353 e. The van der Waals surface area contributed by atoms with Crippen LogP contribution >= 0.6 is 0 Å². The van der Waals surface area contributed by atoms with Crippen LogP contribution in [0.15, 0.2) is 23.3 Å². The molecule has 2 nitrogen and oxygen atoms in total. The Hall–Kier alpha value is -0.600. The highest BCUT2D eigenvalue weighted by molar-refractivity contribution is 5.29. The maximum atomic E-state index is 5.73. The van der Waals surface area contributed by atoms with E-state index in [1.54, 1.807) is 25.4 Å². The number of rotatable bonds is 2. The molecule has 4 aliphatic rings. The maximum Gasteiger partial charge on any atom is 0.171 e. The number of ether oxygens (including phenoxy) is 2. The summed E-state index contributed by atoms with van der Waals surface area (Å²) in [5.41, 5.74) is 3.97. The van der Waals surface area contributed by atoms with Crippen LogP contribution in [0.2, 0.25) is 0 Å². The van der Waals surface area contributed by atoms with Crippen LogP contribution in [0.1, 0.15) is 58.3 Å². The second-order valence-electron chi connectivity index (χ2n) is 8.22. The highest BCUT2D eigenvalue weighted by Crippen LogP contribution is 2.59. The molecule has 0 unspecified atom stereocenters. The summed E-state index contributed by atoms with van der Waals surface area (Å²) in [7, 11) is 3.61. The van der Waals surface area contributed by atoms with Crippen molar-refractivity contribution in [2.45, 2.75) is 64.1 Å². The number of methoxy groups -OCH3 is 2. The molecule has 0 aromatic rings. The van der Waals surface area contributed by atoms with Crippen LogP contribution < -0.4 is 0 Å². The lowest BCUT2D eigenvalue weighted by atomic mass is 9.54. The average molecular weight is 302 g/mol. The van der Waals surface area contributed by atoms with Crippen LogP contribution in [-0.2, 0) is 9.47 Å². The van der Waals surface area contributed by atoms with Crippen LogP contribution in [0, 0.1) is 23.2 Å². The molecular formula is C20H30O2. The summed E-state index contributed by atoms with van der Waals surface area (Å²) in [5.74, 6) is 2.33. The number of hydrogen-bond donors (Lipinski definition) is 0. The molecule has 4 aliphatic carbocycles. The SMILES string of the molecule is COC1(OC)CCC2=C(CC[C@@H]3[C@@H]2CC[C@]2(C)C=CC[C@@H]32)C1. The lowest BCUT2D eigenvalue weighted by molar-refractivity contribution is -0.213. The smallest absolute Gasteiger partial charge is 0.171 e. The minimum Gasteiger partial charge on any atom is -0.353 e. The molecule has 0 amide bonds. The Bertz CT molecular complexity index is 514. The molecule has 1 fully saturated rings. The summed E-state index contributed by atoms with van der Waals surface area (Å²) < 4.78 is 11.5. The molecule has 0 heterocycles. The number of hydrogen-bond acceptors (Lipinski definition) is 2. The first-order chi connectivity index (χ1) is 10.6. The summed E-state index contributed by atoms with van der Waals surface area (Å²) in [6.07, 6.45) is 15.0. The van der Waals surface area contributed by atoms with E-state index in [1.807, 2.05) is 0 Å². The topological polar surface area (TPSA) is 18.5 Å². The molecule has 2 heteroatoms. The zero-order valence-electron chi connectivity index (χ0n) is 14.4. The minimum absolute atomic E-state index is 0.343. The van der Waals surface area contributed by atoms with Gasteiger partial charge < -0.3 is 9.47 Å². The third-order valence-corrected chi connectivity index (χ3v) is 7.45. The maximum absolute atomic E-state index is 5.73. The van der Waals surface area contributed by atoms with Crippen LogP contribution in [0.5, 0.6) is 0 Å². The average Bonchev–Trinajstić information content (AvgIpc) is 2.95. The molecule has 0 aromatic carbocycles. The Morgan fingerprint density at radius 1 is 1.09 bits per heavy atom. The molecule has 0 aromatic heterocycles. The lowest BCUT2D eigenvalue weighted by Crippen LogP contribution is -2.44. The van der Waals surface area contributed by atoms with Crippen molar-refractivity contribution in [3.8, 4) is 0 Å². The molecule has 4 rings (SSSR count). The van der Waals surface area contributed by atoms with Crippen LogP contribution in [0.3, 0.4) is 0 Å². The third-order valence-electron chi connectivity index (χ3n) is 7.45. The fourth-order valence-corrected chi connectivity index (χ4v) is 6.10. The first kappa shape index (κ1) is 15.0. The van der Waals surface area contributed by atoms with Crippen molar-refractivity contribution >= 4 is 0 Å². The summed E-state index contributed by atoms with van der Waals surface area (Å²) >= 11 is 0. The van der Waals surface area contributed by atoms with Gasteiger partial charge in [-0.15, -0.1) is 0 Å². The Balaban J connectivity index is 1.60. The summed E-state index contributed by atoms with van der Waals surface area (Å²) in [5, 5.41) is 0. The highest BCUT2D eigenvalue weighted by atomic mass is 16.7. The van der Waals surface area contributed by atoms with E-state index in [9.17, 15) is 0 Å². The van der Waals surface area contributed by atoms with Crippen LogP contribution in [0.25, 0.3) is 0 Å². The van der Waals surface area contributed by atoms with Gasteiger partial charge in [-0.3, -0.25) is 0 Å². The van der Waals surface area contributed by atoms with Crippen molar-refractivity contribution < 1.29 is 9.47 Å². The molecule has 22 heavy (non-hydrogen) atoms. The summed E-state index contributed by atoms with van der Waals surface area (Å²) in [6.45, 7) is 2.50. The van der Waals surface area contributed by atoms with Gasteiger partial charge in [0.25, 0.3) is 0 Å². The van der Waals surface area contributed by atoms with Gasteiger partial charge >= 0.3 is 0 Å². The van der Waals surface area contributed by atoms with E-state index < -0.39 is 0 Å². The van der Waals surface area contributed by atoms with E-state index in [4.69, 9.17) is 9.47 Å². The van der Waals surface area contributed by atoms with Gasteiger partial charge in [0, 0.05) is 27.1 Å². The first-order valence-corrected chi connectivity index (χ1v) is 9.10. The van der Waals surface area contributed by atoms with Gasteiger partial charge in [-0.25, -0.2) is 0 Å². The summed E-state index contributed by atoms with van der Waals surface area (Å²) in [4.78, 5) is 0. The predicted octanol–water partition coefficient (Wildman–Crippen LogP) is 4.86. The molecule has 0 bridgehead atoms. The zero-order valence-corrected chi connectivity index (χ0v) is 14.4. The van der Waals surface area contributed by atoms with Crippen molar-refractivity contribution in [2.24, 2.45) is 23.2 Å². The molecule has 0 radical (unpaired) electrons. The van der Waals surface area contributed by atoms with E-state index in [-0.39, 0.29) is 5.79 Å². The Labute approximate surface area is 134 Å². The van der Waals surface area contributed by atoms with Crippen molar-refractivity contribution in [3.63, 3.8) is 0 Å². The normalized spacial score (nSPS) is 42.8. The number of fused-ring (bicyclic) bond motifs is 4. The summed E-state index contributed by atoms with van der Waals surface area (Å²) in [6, 6.07) is 0.